The van der Waals surface area contributed by atoms with E-state index in [-0.39, 0.29) is 18.8 Å². The topological polar surface area (TPSA) is 51.7 Å². The third-order valence-electron chi connectivity index (χ3n) is 4.78. The number of aromatic nitrogens is 1. The summed E-state index contributed by atoms with van der Waals surface area (Å²) in [6, 6.07) is 2.03. The Labute approximate surface area is 148 Å². The molecule has 2 aliphatic rings. The summed E-state index contributed by atoms with van der Waals surface area (Å²) in [5, 5.41) is 0. The van der Waals surface area contributed by atoms with Crippen LogP contribution in [-0.4, -0.2) is 47.4 Å². The van der Waals surface area contributed by atoms with Gasteiger partial charge in [-0.2, -0.15) is 0 Å². The maximum Gasteiger partial charge on any atom is 0.410 e. The van der Waals surface area contributed by atoms with Crippen LogP contribution in [0, 0.1) is 5.92 Å². The molecule has 138 valence electrons. The van der Waals surface area contributed by atoms with Gasteiger partial charge in [-0.25, -0.2) is 4.79 Å². The van der Waals surface area contributed by atoms with Gasteiger partial charge in [0.1, 0.15) is 18.0 Å². The van der Waals surface area contributed by atoms with Crippen LogP contribution in [0.5, 0.6) is 5.75 Å². The van der Waals surface area contributed by atoms with E-state index in [0.29, 0.717) is 37.2 Å². The van der Waals surface area contributed by atoms with Crippen LogP contribution in [0.4, 0.5) is 9.18 Å². The lowest BCUT2D eigenvalue weighted by Crippen LogP contribution is -2.55. The largest absolute Gasteiger partial charge is 0.490 e. The van der Waals surface area contributed by atoms with Crippen LogP contribution in [0.2, 0.25) is 0 Å². The van der Waals surface area contributed by atoms with Gasteiger partial charge in [-0.05, 0) is 63.5 Å². The van der Waals surface area contributed by atoms with Crippen LogP contribution in [0.3, 0.4) is 0 Å². The molecule has 1 saturated heterocycles. The minimum Gasteiger partial charge on any atom is -0.490 e. The first-order chi connectivity index (χ1) is 11.9. The number of alkyl halides is 1. The van der Waals surface area contributed by atoms with Crippen molar-refractivity contribution in [2.24, 2.45) is 5.92 Å². The summed E-state index contributed by atoms with van der Waals surface area (Å²) in [5.41, 5.74) is 0.630. The average Bonchev–Trinajstić information content (AvgIpc) is 3.24. The number of amides is 1. The quantitative estimate of drug-likeness (QED) is 0.780. The standard InChI is InChI=1S/C19H27FN2O3/c1-19(2,3)25-18(23)22-7-5-15(22)12-24-16-8-14(10-21-11-16)17-9-13(17)4-6-20/h8,10-11,13,15,17H,4-7,9,12H2,1-3H3/t13-,15-,17-/m0/s1. The van der Waals surface area contributed by atoms with Crippen LogP contribution in [0.15, 0.2) is 18.5 Å². The molecule has 0 unspecified atom stereocenters. The summed E-state index contributed by atoms with van der Waals surface area (Å²) in [6.45, 7) is 6.47. The van der Waals surface area contributed by atoms with Gasteiger partial charge in [-0.1, -0.05) is 0 Å². The zero-order valence-corrected chi connectivity index (χ0v) is 15.2. The van der Waals surface area contributed by atoms with E-state index in [1.807, 2.05) is 33.0 Å². The van der Waals surface area contributed by atoms with Gasteiger partial charge < -0.3 is 14.4 Å². The fourth-order valence-electron chi connectivity index (χ4n) is 3.20. The molecule has 1 saturated carbocycles. The monoisotopic (exact) mass is 350 g/mol. The molecule has 1 aliphatic carbocycles. The molecule has 6 heteroatoms. The first-order valence-electron chi connectivity index (χ1n) is 9.00. The van der Waals surface area contributed by atoms with E-state index < -0.39 is 5.60 Å². The van der Waals surface area contributed by atoms with E-state index in [1.54, 1.807) is 11.1 Å². The highest BCUT2D eigenvalue weighted by atomic mass is 19.1. The maximum absolute atomic E-state index is 12.4. The first-order valence-corrected chi connectivity index (χ1v) is 9.00. The summed E-state index contributed by atoms with van der Waals surface area (Å²) in [7, 11) is 0. The second kappa shape index (κ2) is 7.18. The van der Waals surface area contributed by atoms with Crippen molar-refractivity contribution in [1.82, 2.24) is 9.88 Å². The molecule has 0 spiro atoms. The summed E-state index contributed by atoms with van der Waals surface area (Å²) in [6.07, 6.45) is 5.81. The normalized spacial score (nSPS) is 25.3. The lowest BCUT2D eigenvalue weighted by molar-refractivity contribution is -0.0141. The second-order valence-electron chi connectivity index (χ2n) is 7.96. The molecular weight excluding hydrogens is 323 g/mol. The van der Waals surface area contributed by atoms with Gasteiger partial charge in [0.15, 0.2) is 0 Å². The Balaban J connectivity index is 1.50. The maximum atomic E-state index is 12.4. The molecule has 0 bridgehead atoms. The second-order valence-corrected chi connectivity index (χ2v) is 7.96. The van der Waals surface area contributed by atoms with Crippen molar-refractivity contribution in [2.75, 3.05) is 19.8 Å². The number of likely N-dealkylation sites (tertiary alicyclic amines) is 1. The predicted molar refractivity (Wildman–Crippen MR) is 92.5 cm³/mol. The lowest BCUT2D eigenvalue weighted by atomic mass is 10.1. The minimum atomic E-state index is -0.489. The summed E-state index contributed by atoms with van der Waals surface area (Å²) in [5.74, 6) is 1.56. The Morgan fingerprint density at radius 1 is 1.40 bits per heavy atom. The van der Waals surface area contributed by atoms with E-state index in [0.717, 1.165) is 18.4 Å². The molecule has 2 heterocycles. The van der Waals surface area contributed by atoms with Crippen molar-refractivity contribution < 1.29 is 18.7 Å². The number of hydrogen-bond acceptors (Lipinski definition) is 4. The Kier molecular flexibility index (Phi) is 5.16. The number of rotatable bonds is 6. The third kappa shape index (κ3) is 4.61. The zero-order valence-electron chi connectivity index (χ0n) is 15.2. The predicted octanol–water partition coefficient (Wildman–Crippen LogP) is 3.93. The van der Waals surface area contributed by atoms with Gasteiger partial charge in [-0.3, -0.25) is 9.37 Å². The van der Waals surface area contributed by atoms with Gasteiger partial charge in [0, 0.05) is 12.7 Å². The van der Waals surface area contributed by atoms with Crippen molar-refractivity contribution in [3.63, 3.8) is 0 Å². The Bertz CT molecular complexity index is 617. The molecule has 5 nitrogen and oxygen atoms in total. The Morgan fingerprint density at radius 3 is 2.84 bits per heavy atom. The molecule has 3 rings (SSSR count). The van der Waals surface area contributed by atoms with Crippen molar-refractivity contribution in [1.29, 1.82) is 0 Å². The summed E-state index contributed by atoms with van der Waals surface area (Å²) in [4.78, 5) is 18.1. The smallest absolute Gasteiger partial charge is 0.410 e. The van der Waals surface area contributed by atoms with Gasteiger partial charge in [0.05, 0.1) is 18.9 Å². The molecule has 1 aromatic rings. The van der Waals surface area contributed by atoms with Crippen molar-refractivity contribution in [3.8, 4) is 5.75 Å². The molecule has 1 aliphatic heterocycles. The van der Waals surface area contributed by atoms with Crippen LogP contribution in [-0.2, 0) is 4.74 Å². The number of nitrogens with zero attached hydrogens (tertiary/aromatic N) is 2. The lowest BCUT2D eigenvalue weighted by Gasteiger charge is -2.40. The van der Waals surface area contributed by atoms with Gasteiger partial charge in [-0.15, -0.1) is 0 Å². The van der Waals surface area contributed by atoms with Crippen molar-refractivity contribution >= 4 is 6.09 Å². The molecule has 3 atom stereocenters. The van der Waals surface area contributed by atoms with E-state index in [9.17, 15) is 9.18 Å². The first kappa shape index (κ1) is 18.0. The minimum absolute atomic E-state index is 0.0405. The molecule has 0 N–H and O–H groups in total. The average molecular weight is 350 g/mol. The highest BCUT2D eigenvalue weighted by Crippen LogP contribution is 2.49. The summed E-state index contributed by atoms with van der Waals surface area (Å²) < 4.78 is 23.7. The van der Waals surface area contributed by atoms with Crippen LogP contribution >= 0.6 is 0 Å². The Hall–Kier alpha value is -1.85. The van der Waals surface area contributed by atoms with Crippen LogP contribution in [0.1, 0.15) is 51.5 Å². The van der Waals surface area contributed by atoms with Gasteiger partial charge >= 0.3 is 6.09 Å². The van der Waals surface area contributed by atoms with Gasteiger partial charge in [0.25, 0.3) is 0 Å². The molecule has 1 aromatic heterocycles. The van der Waals surface area contributed by atoms with Crippen molar-refractivity contribution in [3.05, 3.63) is 24.0 Å². The highest BCUT2D eigenvalue weighted by molar-refractivity contribution is 5.69. The van der Waals surface area contributed by atoms with E-state index >= 15 is 0 Å². The highest BCUT2D eigenvalue weighted by Gasteiger charge is 2.38. The fourth-order valence-corrected chi connectivity index (χ4v) is 3.20. The SMILES string of the molecule is CC(C)(C)OC(=O)N1CC[C@H]1COc1cncc([C@H]2C[C@@H]2CCF)c1. The van der Waals surface area contributed by atoms with Crippen LogP contribution < -0.4 is 4.74 Å². The third-order valence-corrected chi connectivity index (χ3v) is 4.78. The number of ether oxygens (including phenoxy) is 2. The summed E-state index contributed by atoms with van der Waals surface area (Å²) >= 11 is 0. The number of pyridine rings is 1. The number of carbonyl (C=O) groups excluding carboxylic acids is 1. The van der Waals surface area contributed by atoms with Crippen LogP contribution in [0.25, 0.3) is 0 Å². The molecule has 2 fully saturated rings. The van der Waals surface area contributed by atoms with Crippen molar-refractivity contribution in [2.45, 2.75) is 57.6 Å². The molecule has 0 radical (unpaired) electrons. The molecule has 0 aromatic carbocycles. The molecular formula is C19H27FN2O3. The molecule has 25 heavy (non-hydrogen) atoms. The van der Waals surface area contributed by atoms with Gasteiger partial charge in [0.2, 0.25) is 0 Å². The molecule has 1 amide bonds. The Morgan fingerprint density at radius 2 is 2.20 bits per heavy atom. The van der Waals surface area contributed by atoms with E-state index in [1.165, 1.54) is 0 Å². The zero-order chi connectivity index (χ0) is 18.0. The number of carbonyl (C=O) groups is 1. The fraction of sp³-hybridized carbons (Fsp3) is 0.684. The van der Waals surface area contributed by atoms with E-state index in [2.05, 4.69) is 4.98 Å². The number of hydrogen-bond donors (Lipinski definition) is 0. The van der Waals surface area contributed by atoms with E-state index in [4.69, 9.17) is 9.47 Å². The number of halogens is 1.